The van der Waals surface area contributed by atoms with Crippen LogP contribution >= 0.6 is 0 Å². The second kappa shape index (κ2) is 5.97. The molecule has 1 aromatic heterocycles. The molecule has 2 unspecified atom stereocenters. The predicted molar refractivity (Wildman–Crippen MR) is 88.7 cm³/mol. The highest BCUT2D eigenvalue weighted by Crippen LogP contribution is 2.45. The summed E-state index contributed by atoms with van der Waals surface area (Å²) in [7, 11) is 0. The maximum atomic E-state index is 11.2. The van der Waals surface area contributed by atoms with Gasteiger partial charge in [0.05, 0.1) is 5.60 Å². The van der Waals surface area contributed by atoms with E-state index in [1.54, 1.807) is 12.4 Å². The summed E-state index contributed by atoms with van der Waals surface area (Å²) in [6.45, 7) is 0.941. The monoisotopic (exact) mass is 320 g/mol. The van der Waals surface area contributed by atoms with E-state index in [0.717, 1.165) is 24.9 Å². The summed E-state index contributed by atoms with van der Waals surface area (Å²) in [5.74, 6) is 0.145. The Morgan fingerprint density at radius 3 is 2.33 bits per heavy atom. The van der Waals surface area contributed by atoms with Crippen LogP contribution < -0.4 is 0 Å². The Morgan fingerprint density at radius 2 is 1.75 bits per heavy atom. The minimum absolute atomic E-state index is 0.145. The molecule has 2 aromatic rings. The maximum absolute atomic E-state index is 11.2. The molecule has 3 heterocycles. The van der Waals surface area contributed by atoms with Crippen molar-refractivity contribution in [3.63, 3.8) is 0 Å². The van der Waals surface area contributed by atoms with Gasteiger partial charge in [-0.05, 0) is 31.2 Å². The minimum Gasteiger partial charge on any atom is -0.385 e. The van der Waals surface area contributed by atoms with E-state index in [-0.39, 0.29) is 5.82 Å². The van der Waals surface area contributed by atoms with E-state index in [1.807, 2.05) is 12.1 Å². The first kappa shape index (κ1) is 15.3. The predicted octanol–water partition coefficient (Wildman–Crippen LogP) is 2.36. The first-order chi connectivity index (χ1) is 11.7. The number of fused-ring (bicyclic) bond motifs is 2. The Bertz CT molecular complexity index is 739. The summed E-state index contributed by atoms with van der Waals surface area (Å²) < 4.78 is 0. The van der Waals surface area contributed by atoms with Gasteiger partial charge in [-0.2, -0.15) is 5.26 Å². The number of aromatic nitrogens is 2. The van der Waals surface area contributed by atoms with Gasteiger partial charge in [0.1, 0.15) is 6.07 Å². The van der Waals surface area contributed by atoms with Crippen LogP contribution in [-0.4, -0.2) is 32.1 Å². The number of piperidine rings is 1. The molecule has 2 atom stereocenters. The van der Waals surface area contributed by atoms with Crippen molar-refractivity contribution in [2.45, 2.75) is 49.9 Å². The quantitative estimate of drug-likeness (QED) is 0.940. The Balaban J connectivity index is 1.54. The molecule has 24 heavy (non-hydrogen) atoms. The van der Waals surface area contributed by atoms with Gasteiger partial charge in [-0.3, -0.25) is 4.90 Å². The Kier molecular flexibility index (Phi) is 3.79. The minimum atomic E-state index is -0.882. The highest BCUT2D eigenvalue weighted by Gasteiger charge is 2.48. The second-order valence-corrected chi connectivity index (χ2v) is 6.89. The SMILES string of the molecule is N#Cc1ncc(C2(O)CC3CCC(C2)N3Cc2ccccc2)cn1. The molecule has 0 saturated carbocycles. The van der Waals surface area contributed by atoms with Crippen LogP contribution in [0.25, 0.3) is 0 Å². The number of nitrogens with zero attached hydrogens (tertiary/aromatic N) is 4. The zero-order chi connectivity index (χ0) is 16.6. The highest BCUT2D eigenvalue weighted by atomic mass is 16.3. The molecular formula is C19H20N4O. The van der Waals surface area contributed by atoms with Gasteiger partial charge in [0.2, 0.25) is 5.82 Å². The van der Waals surface area contributed by atoms with Crippen molar-refractivity contribution >= 4 is 0 Å². The van der Waals surface area contributed by atoms with Gasteiger partial charge >= 0.3 is 0 Å². The molecule has 2 saturated heterocycles. The fourth-order valence-electron chi connectivity index (χ4n) is 4.23. The van der Waals surface area contributed by atoms with Gasteiger partial charge < -0.3 is 5.11 Å². The van der Waals surface area contributed by atoms with Gasteiger partial charge in [-0.25, -0.2) is 9.97 Å². The van der Waals surface area contributed by atoms with Crippen molar-refractivity contribution in [3.05, 3.63) is 59.7 Å². The molecule has 0 aliphatic carbocycles. The van der Waals surface area contributed by atoms with Gasteiger partial charge in [-0.15, -0.1) is 0 Å². The molecule has 2 fully saturated rings. The van der Waals surface area contributed by atoms with Crippen molar-refractivity contribution < 1.29 is 5.11 Å². The van der Waals surface area contributed by atoms with Gasteiger partial charge in [0, 0.05) is 36.6 Å². The van der Waals surface area contributed by atoms with E-state index in [2.05, 4.69) is 39.1 Å². The van der Waals surface area contributed by atoms with Crippen LogP contribution in [0.3, 0.4) is 0 Å². The van der Waals surface area contributed by atoms with Crippen LogP contribution in [0, 0.1) is 11.3 Å². The van der Waals surface area contributed by atoms with Crippen molar-refractivity contribution in [1.29, 1.82) is 5.26 Å². The maximum Gasteiger partial charge on any atom is 0.232 e. The lowest BCUT2D eigenvalue weighted by molar-refractivity contribution is -0.0599. The largest absolute Gasteiger partial charge is 0.385 e. The van der Waals surface area contributed by atoms with E-state index < -0.39 is 5.60 Å². The number of hydrogen-bond donors (Lipinski definition) is 1. The lowest BCUT2D eigenvalue weighted by atomic mass is 9.81. The van der Waals surface area contributed by atoms with E-state index in [0.29, 0.717) is 24.9 Å². The van der Waals surface area contributed by atoms with Gasteiger partial charge in [-0.1, -0.05) is 30.3 Å². The average Bonchev–Trinajstić information content (AvgIpc) is 2.86. The average molecular weight is 320 g/mol. The molecule has 0 amide bonds. The third-order valence-corrected chi connectivity index (χ3v) is 5.41. The molecule has 2 aliphatic rings. The molecule has 2 aliphatic heterocycles. The summed E-state index contributed by atoms with van der Waals surface area (Å²) >= 11 is 0. The summed E-state index contributed by atoms with van der Waals surface area (Å²) in [4.78, 5) is 10.6. The van der Waals surface area contributed by atoms with Crippen LogP contribution in [0.1, 0.15) is 42.6 Å². The highest BCUT2D eigenvalue weighted by molar-refractivity contribution is 5.23. The van der Waals surface area contributed by atoms with Gasteiger partial charge in [0.15, 0.2) is 0 Å². The zero-order valence-electron chi connectivity index (χ0n) is 13.5. The number of hydrogen-bond acceptors (Lipinski definition) is 5. The first-order valence-corrected chi connectivity index (χ1v) is 8.43. The van der Waals surface area contributed by atoms with Crippen molar-refractivity contribution in [1.82, 2.24) is 14.9 Å². The molecule has 2 bridgehead atoms. The molecule has 5 nitrogen and oxygen atoms in total. The Hall–Kier alpha value is -2.29. The van der Waals surface area contributed by atoms with Crippen LogP contribution in [0.15, 0.2) is 42.7 Å². The molecule has 4 rings (SSSR count). The number of benzene rings is 1. The summed E-state index contributed by atoms with van der Waals surface area (Å²) in [5.41, 5.74) is 1.17. The molecule has 1 aromatic carbocycles. The van der Waals surface area contributed by atoms with Crippen LogP contribution in [0.4, 0.5) is 0 Å². The summed E-state index contributed by atoms with van der Waals surface area (Å²) in [6, 6.07) is 13.2. The lowest BCUT2D eigenvalue weighted by Crippen LogP contribution is -2.49. The third kappa shape index (κ3) is 2.68. The first-order valence-electron chi connectivity index (χ1n) is 8.43. The fourth-order valence-corrected chi connectivity index (χ4v) is 4.23. The Labute approximate surface area is 141 Å². The normalized spacial score (nSPS) is 29.3. The van der Waals surface area contributed by atoms with Crippen LogP contribution in [0.2, 0.25) is 0 Å². The van der Waals surface area contributed by atoms with E-state index >= 15 is 0 Å². The van der Waals surface area contributed by atoms with Gasteiger partial charge in [0.25, 0.3) is 0 Å². The third-order valence-electron chi connectivity index (χ3n) is 5.41. The second-order valence-electron chi connectivity index (χ2n) is 6.89. The number of nitriles is 1. The summed E-state index contributed by atoms with van der Waals surface area (Å²) in [6.07, 6.45) is 6.86. The fraction of sp³-hybridized carbons (Fsp3) is 0.421. The van der Waals surface area contributed by atoms with Crippen molar-refractivity contribution in [2.75, 3.05) is 0 Å². The molecule has 5 heteroatoms. The Morgan fingerprint density at radius 1 is 1.12 bits per heavy atom. The lowest BCUT2D eigenvalue weighted by Gasteiger charge is -2.43. The molecule has 1 N–H and O–H groups in total. The topological polar surface area (TPSA) is 73.0 Å². The number of aliphatic hydroxyl groups is 1. The molecule has 0 radical (unpaired) electrons. The smallest absolute Gasteiger partial charge is 0.232 e. The van der Waals surface area contributed by atoms with E-state index in [1.165, 1.54) is 5.56 Å². The molecular weight excluding hydrogens is 300 g/mol. The standard InChI is InChI=1S/C19H20N4O/c20-10-18-21-11-15(12-22-18)19(24)8-16-6-7-17(9-19)23(16)13-14-4-2-1-3-5-14/h1-5,11-12,16-17,24H,6-9,13H2. The summed E-state index contributed by atoms with van der Waals surface area (Å²) in [5, 5.41) is 20.0. The molecule has 122 valence electrons. The van der Waals surface area contributed by atoms with E-state index in [4.69, 9.17) is 5.26 Å². The van der Waals surface area contributed by atoms with Crippen LogP contribution in [0.5, 0.6) is 0 Å². The van der Waals surface area contributed by atoms with Crippen LogP contribution in [-0.2, 0) is 12.1 Å². The zero-order valence-corrected chi connectivity index (χ0v) is 13.5. The molecule has 0 spiro atoms. The van der Waals surface area contributed by atoms with Crippen molar-refractivity contribution in [3.8, 4) is 6.07 Å². The number of rotatable bonds is 3. The van der Waals surface area contributed by atoms with E-state index in [9.17, 15) is 5.11 Å². The van der Waals surface area contributed by atoms with Crippen molar-refractivity contribution in [2.24, 2.45) is 0 Å².